The van der Waals surface area contributed by atoms with E-state index in [0.29, 0.717) is 39.2 Å². The van der Waals surface area contributed by atoms with Crippen LogP contribution in [-0.4, -0.2) is 47.7 Å². The molecule has 1 aliphatic rings. The number of Topliss-reactive ketones (excluding diaryl/α,β-unsaturated/α-hetero) is 1. The van der Waals surface area contributed by atoms with Crippen molar-refractivity contribution >= 4 is 60.1 Å². The first-order valence-corrected chi connectivity index (χ1v) is 13.9. The molecule has 9 nitrogen and oxygen atoms in total. The van der Waals surface area contributed by atoms with E-state index in [1.54, 1.807) is 55.6 Å². The summed E-state index contributed by atoms with van der Waals surface area (Å²) in [6.07, 6.45) is 0.843. The number of thiazole rings is 1. The van der Waals surface area contributed by atoms with Crippen molar-refractivity contribution in [3.05, 3.63) is 75.8 Å². The quantitative estimate of drug-likeness (QED) is 0.135. The predicted octanol–water partition coefficient (Wildman–Crippen LogP) is 6.20. The van der Waals surface area contributed by atoms with Crippen LogP contribution in [0.3, 0.4) is 0 Å². The Balaban J connectivity index is 1.70. The smallest absolute Gasteiger partial charge is 0.301 e. The Morgan fingerprint density at radius 3 is 2.45 bits per heavy atom. The average molecular weight is 625 g/mol. The van der Waals surface area contributed by atoms with Gasteiger partial charge in [0.15, 0.2) is 16.6 Å². The SMILES string of the molecule is CCCOc1ccc(/C(O)=C2\C(=O)C(=O)N(c3nc4ccc(OC)cc4s3)C2c2cc(Br)c(O)c(OC)c2)cc1. The van der Waals surface area contributed by atoms with Gasteiger partial charge in [-0.05, 0) is 82.5 Å². The van der Waals surface area contributed by atoms with Crippen molar-refractivity contribution in [2.24, 2.45) is 0 Å². The summed E-state index contributed by atoms with van der Waals surface area (Å²) in [5.41, 5.74) is 1.25. The summed E-state index contributed by atoms with van der Waals surface area (Å²) < 4.78 is 17.3. The van der Waals surface area contributed by atoms with Crippen LogP contribution < -0.4 is 19.1 Å². The van der Waals surface area contributed by atoms with E-state index < -0.39 is 17.7 Å². The predicted molar refractivity (Wildman–Crippen MR) is 156 cm³/mol. The summed E-state index contributed by atoms with van der Waals surface area (Å²) in [6.45, 7) is 2.54. The van der Waals surface area contributed by atoms with Crippen LogP contribution in [0.15, 0.2) is 64.6 Å². The minimum absolute atomic E-state index is 0.122. The molecule has 1 unspecified atom stereocenters. The number of benzene rings is 3. The summed E-state index contributed by atoms with van der Waals surface area (Å²) in [7, 11) is 2.95. The highest BCUT2D eigenvalue weighted by Crippen LogP contribution is 2.47. The summed E-state index contributed by atoms with van der Waals surface area (Å²) in [5, 5.41) is 22.1. The number of amides is 1. The molecule has 40 heavy (non-hydrogen) atoms. The standard InChI is InChI=1S/C29H25BrN2O7S/c1-4-11-39-17-7-5-15(6-8-17)25(33)23-24(16-12-19(30)26(34)21(13-16)38-3)32(28(36)27(23)35)29-31-20-10-9-18(37-2)14-22(20)40-29/h5-10,12-14,24,33-34H,4,11H2,1-3H3/b25-23+. The number of carbonyl (C=O) groups is 2. The molecule has 1 aliphatic heterocycles. The normalized spacial score (nSPS) is 16.5. The maximum absolute atomic E-state index is 13.6. The van der Waals surface area contributed by atoms with Crippen molar-refractivity contribution in [2.45, 2.75) is 19.4 Å². The summed E-state index contributed by atoms with van der Waals surface area (Å²) in [4.78, 5) is 33.0. The lowest BCUT2D eigenvalue weighted by Crippen LogP contribution is -2.29. The van der Waals surface area contributed by atoms with E-state index in [9.17, 15) is 19.8 Å². The lowest BCUT2D eigenvalue weighted by atomic mass is 9.95. The number of nitrogens with zero attached hydrogens (tertiary/aromatic N) is 2. The van der Waals surface area contributed by atoms with Crippen LogP contribution in [0.5, 0.6) is 23.0 Å². The molecule has 0 radical (unpaired) electrons. The number of anilines is 1. The highest BCUT2D eigenvalue weighted by atomic mass is 79.9. The molecule has 2 heterocycles. The van der Waals surface area contributed by atoms with Gasteiger partial charge in [0.05, 0.1) is 47.1 Å². The highest BCUT2D eigenvalue weighted by molar-refractivity contribution is 9.10. The number of aliphatic hydroxyl groups excluding tert-OH is 1. The number of aliphatic hydroxyl groups is 1. The fraction of sp³-hybridized carbons (Fsp3) is 0.207. The second kappa shape index (κ2) is 11.2. The maximum Gasteiger partial charge on any atom is 0.301 e. The number of halogens is 1. The Kier molecular flexibility index (Phi) is 7.68. The molecule has 0 aliphatic carbocycles. The molecule has 2 N–H and O–H groups in total. The zero-order chi connectivity index (χ0) is 28.6. The number of phenols is 1. The summed E-state index contributed by atoms with van der Waals surface area (Å²) in [6, 6.07) is 14.0. The summed E-state index contributed by atoms with van der Waals surface area (Å²) in [5.74, 6) is -0.831. The first-order chi connectivity index (χ1) is 19.3. The first-order valence-electron chi connectivity index (χ1n) is 12.3. The molecule has 3 aromatic carbocycles. The molecule has 5 rings (SSSR count). The maximum atomic E-state index is 13.6. The molecular formula is C29H25BrN2O7S. The third-order valence-electron chi connectivity index (χ3n) is 6.42. The lowest BCUT2D eigenvalue weighted by molar-refractivity contribution is -0.132. The minimum Gasteiger partial charge on any atom is -0.507 e. The molecule has 1 aromatic heterocycles. The van der Waals surface area contributed by atoms with Gasteiger partial charge in [-0.25, -0.2) is 4.98 Å². The van der Waals surface area contributed by atoms with Gasteiger partial charge in [-0.15, -0.1) is 0 Å². The van der Waals surface area contributed by atoms with Crippen molar-refractivity contribution in [3.8, 4) is 23.0 Å². The Morgan fingerprint density at radius 2 is 1.77 bits per heavy atom. The number of aromatic nitrogens is 1. The fourth-order valence-electron chi connectivity index (χ4n) is 4.46. The van der Waals surface area contributed by atoms with Gasteiger partial charge in [-0.2, -0.15) is 0 Å². The van der Waals surface area contributed by atoms with Crippen LogP contribution in [0.2, 0.25) is 0 Å². The molecule has 1 atom stereocenters. The number of ketones is 1. The van der Waals surface area contributed by atoms with Gasteiger partial charge in [0.2, 0.25) is 0 Å². The van der Waals surface area contributed by atoms with Crippen LogP contribution in [0, 0.1) is 0 Å². The minimum atomic E-state index is -1.07. The summed E-state index contributed by atoms with van der Waals surface area (Å²) >= 11 is 4.54. The molecule has 0 spiro atoms. The molecule has 1 saturated heterocycles. The number of carbonyl (C=O) groups excluding carboxylic acids is 2. The van der Waals surface area contributed by atoms with Crippen LogP contribution in [0.25, 0.3) is 16.0 Å². The third kappa shape index (κ3) is 4.86. The molecule has 0 bridgehead atoms. The van der Waals surface area contributed by atoms with Crippen molar-refractivity contribution < 1.29 is 34.0 Å². The number of hydrogen-bond donors (Lipinski definition) is 2. The van der Waals surface area contributed by atoms with Crippen molar-refractivity contribution in [1.82, 2.24) is 4.98 Å². The van der Waals surface area contributed by atoms with Crippen molar-refractivity contribution in [2.75, 3.05) is 25.7 Å². The van der Waals surface area contributed by atoms with Crippen LogP contribution in [-0.2, 0) is 9.59 Å². The zero-order valence-corrected chi connectivity index (χ0v) is 24.2. The molecule has 0 saturated carbocycles. The largest absolute Gasteiger partial charge is 0.507 e. The third-order valence-corrected chi connectivity index (χ3v) is 8.04. The van der Waals surface area contributed by atoms with Crippen LogP contribution in [0.4, 0.5) is 5.13 Å². The number of methoxy groups -OCH3 is 2. The van der Waals surface area contributed by atoms with Crippen LogP contribution in [0.1, 0.15) is 30.5 Å². The van der Waals surface area contributed by atoms with E-state index in [4.69, 9.17) is 14.2 Å². The first kappa shape index (κ1) is 27.5. The zero-order valence-electron chi connectivity index (χ0n) is 21.8. The molecule has 1 fully saturated rings. The van der Waals surface area contributed by atoms with E-state index in [0.717, 1.165) is 11.1 Å². The number of rotatable bonds is 8. The number of phenolic OH excluding ortho intramolecular Hbond substituents is 1. The Hall–Kier alpha value is -4.09. The topological polar surface area (TPSA) is 118 Å². The van der Waals surface area contributed by atoms with Gasteiger partial charge >= 0.3 is 5.91 Å². The van der Waals surface area contributed by atoms with Crippen molar-refractivity contribution in [3.63, 3.8) is 0 Å². The van der Waals surface area contributed by atoms with Gasteiger partial charge in [-0.1, -0.05) is 18.3 Å². The number of aromatic hydroxyl groups is 1. The van der Waals surface area contributed by atoms with Gasteiger partial charge in [0.1, 0.15) is 17.3 Å². The molecule has 206 valence electrons. The van der Waals surface area contributed by atoms with Gasteiger partial charge in [0.25, 0.3) is 5.78 Å². The van der Waals surface area contributed by atoms with Gasteiger partial charge in [0, 0.05) is 5.56 Å². The fourth-order valence-corrected chi connectivity index (χ4v) is 5.94. The van der Waals surface area contributed by atoms with E-state index in [1.165, 1.54) is 29.4 Å². The van der Waals surface area contributed by atoms with E-state index in [2.05, 4.69) is 20.9 Å². The van der Waals surface area contributed by atoms with Crippen LogP contribution >= 0.6 is 27.3 Å². The van der Waals surface area contributed by atoms with E-state index in [1.807, 2.05) is 6.92 Å². The Bertz CT molecular complexity index is 1650. The Labute approximate surface area is 242 Å². The second-order valence-corrected chi connectivity index (χ2v) is 10.8. The van der Waals surface area contributed by atoms with E-state index >= 15 is 0 Å². The molecule has 1 amide bonds. The van der Waals surface area contributed by atoms with E-state index in [-0.39, 0.29) is 28.0 Å². The number of fused-ring (bicyclic) bond motifs is 1. The molecular weight excluding hydrogens is 600 g/mol. The number of hydrogen-bond acceptors (Lipinski definition) is 9. The second-order valence-electron chi connectivity index (χ2n) is 8.93. The van der Waals surface area contributed by atoms with Gasteiger partial charge in [-0.3, -0.25) is 14.5 Å². The average Bonchev–Trinajstić information content (AvgIpc) is 3.50. The lowest BCUT2D eigenvalue weighted by Gasteiger charge is -2.24. The molecule has 11 heteroatoms. The Morgan fingerprint density at radius 1 is 1.05 bits per heavy atom. The highest BCUT2D eigenvalue weighted by Gasteiger charge is 2.48. The van der Waals surface area contributed by atoms with Gasteiger partial charge < -0.3 is 24.4 Å². The number of ether oxygens (including phenoxy) is 3. The van der Waals surface area contributed by atoms with Crippen molar-refractivity contribution in [1.29, 1.82) is 0 Å². The monoisotopic (exact) mass is 624 g/mol. The molecule has 4 aromatic rings.